The summed E-state index contributed by atoms with van der Waals surface area (Å²) in [4.78, 5) is 13.4. The monoisotopic (exact) mass is 325 g/mol. The third-order valence-corrected chi connectivity index (χ3v) is 4.28. The molecular weight excluding hydrogens is 290 g/mol. The van der Waals surface area contributed by atoms with Gasteiger partial charge in [0.15, 0.2) is 0 Å². The molecule has 0 saturated carbocycles. The Bertz CT molecular complexity index is 328. The summed E-state index contributed by atoms with van der Waals surface area (Å²) in [5, 5.41) is 12.5. The summed E-state index contributed by atoms with van der Waals surface area (Å²) in [5.74, 6) is -0.686. The molecule has 0 heterocycles. The second-order valence-electron chi connectivity index (χ2n) is 6.47. The van der Waals surface area contributed by atoms with E-state index in [9.17, 15) is 4.79 Å². The van der Waals surface area contributed by atoms with E-state index in [0.29, 0.717) is 6.42 Å². The maximum Gasteiger partial charge on any atom is 0.303 e. The van der Waals surface area contributed by atoms with Gasteiger partial charge in [0.1, 0.15) is 0 Å². The van der Waals surface area contributed by atoms with Crippen molar-refractivity contribution in [2.45, 2.75) is 109 Å². The van der Waals surface area contributed by atoms with Gasteiger partial charge in [-0.25, -0.2) is 0 Å². The fourth-order valence-electron chi connectivity index (χ4n) is 2.86. The maximum absolute atomic E-state index is 10.4. The number of azide groups is 1. The van der Waals surface area contributed by atoms with Crippen LogP contribution in [0, 0.1) is 0 Å². The van der Waals surface area contributed by atoms with Crippen LogP contribution in [-0.2, 0) is 4.79 Å². The number of rotatable bonds is 17. The fraction of sp³-hybridized carbons (Fsp3) is 0.944. The highest BCUT2D eigenvalue weighted by atomic mass is 16.4. The van der Waals surface area contributed by atoms with Gasteiger partial charge in [-0.2, -0.15) is 0 Å². The lowest BCUT2D eigenvalue weighted by Crippen LogP contribution is -2.03. The van der Waals surface area contributed by atoms with Gasteiger partial charge in [0.05, 0.1) is 0 Å². The first-order valence-corrected chi connectivity index (χ1v) is 9.46. The smallest absolute Gasteiger partial charge is 0.303 e. The molecule has 0 aliphatic rings. The summed E-state index contributed by atoms with van der Waals surface area (Å²) in [5.41, 5.74) is 8.64. The van der Waals surface area contributed by atoms with Gasteiger partial charge in [0.25, 0.3) is 0 Å². The van der Waals surface area contributed by atoms with Crippen LogP contribution in [0.25, 0.3) is 10.4 Å². The van der Waals surface area contributed by atoms with E-state index in [1.54, 1.807) is 0 Å². The number of unbranched alkanes of at least 4 members (excludes halogenated alkanes) is 10. The molecule has 0 bridgehead atoms. The molecule has 0 aromatic carbocycles. The second-order valence-corrected chi connectivity index (χ2v) is 6.47. The third-order valence-electron chi connectivity index (χ3n) is 4.28. The minimum Gasteiger partial charge on any atom is -0.481 e. The van der Waals surface area contributed by atoms with E-state index in [-0.39, 0.29) is 6.04 Å². The van der Waals surface area contributed by atoms with Crippen LogP contribution in [0.15, 0.2) is 5.11 Å². The number of carbonyl (C=O) groups is 1. The van der Waals surface area contributed by atoms with Crippen LogP contribution in [-0.4, -0.2) is 17.1 Å². The van der Waals surface area contributed by atoms with Gasteiger partial charge in [-0.3, -0.25) is 4.79 Å². The number of carboxylic acid groups (broad SMARTS) is 1. The molecule has 0 saturated heterocycles. The van der Waals surface area contributed by atoms with Crippen molar-refractivity contribution in [2.24, 2.45) is 5.11 Å². The average Bonchev–Trinajstić information content (AvgIpc) is 2.52. The molecule has 23 heavy (non-hydrogen) atoms. The van der Waals surface area contributed by atoms with Crippen LogP contribution in [0.3, 0.4) is 0 Å². The molecule has 1 unspecified atom stereocenters. The van der Waals surface area contributed by atoms with Gasteiger partial charge in [-0.05, 0) is 24.8 Å². The number of hydrogen-bond acceptors (Lipinski definition) is 2. The third kappa shape index (κ3) is 17.0. The Balaban J connectivity index is 3.44. The lowest BCUT2D eigenvalue weighted by Gasteiger charge is -2.10. The van der Waals surface area contributed by atoms with Crippen LogP contribution in [0.5, 0.6) is 0 Å². The minimum atomic E-state index is -0.686. The summed E-state index contributed by atoms with van der Waals surface area (Å²) in [6.45, 7) is 2.21. The summed E-state index contributed by atoms with van der Waals surface area (Å²) < 4.78 is 0. The van der Waals surface area contributed by atoms with E-state index < -0.39 is 5.97 Å². The van der Waals surface area contributed by atoms with Gasteiger partial charge in [0.2, 0.25) is 0 Å². The molecule has 0 radical (unpaired) electrons. The average molecular weight is 325 g/mol. The van der Waals surface area contributed by atoms with Crippen molar-refractivity contribution >= 4 is 5.97 Å². The van der Waals surface area contributed by atoms with Crippen molar-refractivity contribution < 1.29 is 9.90 Å². The highest BCUT2D eigenvalue weighted by molar-refractivity contribution is 5.66. The standard InChI is InChI=1S/C18H35N3O2/c1-2-3-4-11-14-17(20-21-19)15-12-9-7-5-6-8-10-13-16-18(22)23/h17H,2-16H2,1H3,(H,22,23). The molecule has 5 heteroatoms. The lowest BCUT2D eigenvalue weighted by molar-refractivity contribution is -0.137. The van der Waals surface area contributed by atoms with Crippen molar-refractivity contribution in [3.05, 3.63) is 10.4 Å². The highest BCUT2D eigenvalue weighted by Crippen LogP contribution is 2.16. The zero-order valence-electron chi connectivity index (χ0n) is 14.9. The number of aliphatic carboxylic acids is 1. The van der Waals surface area contributed by atoms with Gasteiger partial charge in [-0.1, -0.05) is 82.7 Å². The molecule has 5 nitrogen and oxygen atoms in total. The van der Waals surface area contributed by atoms with Gasteiger partial charge >= 0.3 is 5.97 Å². The summed E-state index contributed by atoms with van der Waals surface area (Å²) in [7, 11) is 0. The summed E-state index contributed by atoms with van der Waals surface area (Å²) in [6.07, 6.45) is 16.3. The molecule has 0 spiro atoms. The van der Waals surface area contributed by atoms with Crippen molar-refractivity contribution in [2.75, 3.05) is 0 Å². The van der Waals surface area contributed by atoms with Gasteiger partial charge in [-0.15, -0.1) is 0 Å². The Morgan fingerprint density at radius 3 is 1.87 bits per heavy atom. The van der Waals surface area contributed by atoms with Crippen LogP contribution in [0.2, 0.25) is 0 Å². The van der Waals surface area contributed by atoms with Crippen molar-refractivity contribution in [3.8, 4) is 0 Å². The Morgan fingerprint density at radius 1 is 0.913 bits per heavy atom. The second kappa shape index (κ2) is 17.1. The highest BCUT2D eigenvalue weighted by Gasteiger charge is 2.05. The molecule has 0 rings (SSSR count). The molecule has 0 aromatic rings. The normalized spacial score (nSPS) is 11.9. The zero-order valence-corrected chi connectivity index (χ0v) is 14.9. The van der Waals surface area contributed by atoms with Crippen LogP contribution < -0.4 is 0 Å². The molecule has 0 aliphatic heterocycles. The number of carboxylic acids is 1. The van der Waals surface area contributed by atoms with E-state index in [1.807, 2.05) is 0 Å². The first-order chi connectivity index (χ1) is 11.2. The molecule has 134 valence electrons. The van der Waals surface area contributed by atoms with Crippen molar-refractivity contribution in [1.29, 1.82) is 0 Å². The number of hydrogen-bond donors (Lipinski definition) is 1. The minimum absolute atomic E-state index is 0.188. The summed E-state index contributed by atoms with van der Waals surface area (Å²) in [6, 6.07) is 0.188. The molecule has 1 atom stereocenters. The van der Waals surface area contributed by atoms with E-state index in [1.165, 1.54) is 51.4 Å². The molecule has 0 amide bonds. The molecule has 0 aliphatic carbocycles. The van der Waals surface area contributed by atoms with Crippen molar-refractivity contribution in [3.63, 3.8) is 0 Å². The molecule has 1 N–H and O–H groups in total. The summed E-state index contributed by atoms with van der Waals surface area (Å²) >= 11 is 0. The quantitative estimate of drug-likeness (QED) is 0.141. The van der Waals surface area contributed by atoms with Gasteiger partial charge in [0, 0.05) is 17.4 Å². The molecular formula is C18H35N3O2. The van der Waals surface area contributed by atoms with Crippen LogP contribution >= 0.6 is 0 Å². The first-order valence-electron chi connectivity index (χ1n) is 9.46. The molecule has 0 fully saturated rings. The Hall–Kier alpha value is -1.22. The Morgan fingerprint density at radius 2 is 1.39 bits per heavy atom. The lowest BCUT2D eigenvalue weighted by atomic mass is 10.0. The van der Waals surface area contributed by atoms with E-state index in [2.05, 4.69) is 16.9 Å². The number of nitrogens with zero attached hydrogens (tertiary/aromatic N) is 3. The maximum atomic E-state index is 10.4. The SMILES string of the molecule is CCCCCCC(CCCCCCCCCCC(=O)O)N=[N+]=[N-]. The predicted octanol–water partition coefficient (Wildman–Crippen LogP) is 6.62. The van der Waals surface area contributed by atoms with E-state index in [0.717, 1.165) is 38.5 Å². The first kappa shape index (κ1) is 21.8. The van der Waals surface area contributed by atoms with Crippen LogP contribution in [0.4, 0.5) is 0 Å². The zero-order chi connectivity index (χ0) is 17.2. The fourth-order valence-corrected chi connectivity index (χ4v) is 2.86. The molecule has 0 aromatic heterocycles. The van der Waals surface area contributed by atoms with Gasteiger partial charge < -0.3 is 5.11 Å². The Labute approximate surface area is 141 Å². The predicted molar refractivity (Wildman–Crippen MR) is 95.5 cm³/mol. The van der Waals surface area contributed by atoms with E-state index >= 15 is 0 Å². The van der Waals surface area contributed by atoms with E-state index in [4.69, 9.17) is 10.6 Å². The largest absolute Gasteiger partial charge is 0.481 e. The van der Waals surface area contributed by atoms with Crippen molar-refractivity contribution in [1.82, 2.24) is 0 Å². The van der Waals surface area contributed by atoms with Crippen LogP contribution in [0.1, 0.15) is 103 Å². The Kier molecular flexibility index (Phi) is 16.2. The topological polar surface area (TPSA) is 86.1 Å².